The van der Waals surface area contributed by atoms with Crippen molar-refractivity contribution < 1.29 is 19.1 Å². The number of hydrogen-bond donors (Lipinski definition) is 0. The number of rotatable bonds is 6. The number of aldehydes is 1. The average Bonchev–Trinajstić information content (AvgIpc) is 2.43. The quantitative estimate of drug-likeness (QED) is 0.323. The predicted molar refractivity (Wildman–Crippen MR) is 82.1 cm³/mol. The van der Waals surface area contributed by atoms with Crippen LogP contribution in [0.15, 0.2) is 18.2 Å². The van der Waals surface area contributed by atoms with Crippen molar-refractivity contribution in [2.24, 2.45) is 0 Å². The Hall–Kier alpha value is -1.44. The first-order valence-electron chi connectivity index (χ1n) is 5.98. The lowest BCUT2D eigenvalue weighted by Gasteiger charge is -2.29. The Kier molecular flexibility index (Phi) is 6.12. The zero-order valence-corrected chi connectivity index (χ0v) is 13.7. The van der Waals surface area contributed by atoms with Gasteiger partial charge in [0.25, 0.3) is 0 Å². The average molecular weight is 389 g/mol. The van der Waals surface area contributed by atoms with Crippen LogP contribution in [0.25, 0.3) is 0 Å². The van der Waals surface area contributed by atoms with Gasteiger partial charge in [-0.15, -0.1) is 0 Å². The molecule has 0 saturated carbocycles. The van der Waals surface area contributed by atoms with E-state index in [0.717, 1.165) is 19.6 Å². The summed E-state index contributed by atoms with van der Waals surface area (Å²) < 4.78 is 5.63. The van der Waals surface area contributed by atoms with Crippen LogP contribution in [0.5, 0.6) is 0 Å². The van der Waals surface area contributed by atoms with Crippen LogP contribution in [0.2, 0.25) is 0 Å². The lowest BCUT2D eigenvalue weighted by molar-refractivity contribution is -0.152. The van der Waals surface area contributed by atoms with Crippen molar-refractivity contribution in [1.82, 2.24) is 4.90 Å². The Bertz CT molecular complexity index is 518. The van der Waals surface area contributed by atoms with Gasteiger partial charge in [-0.3, -0.25) is 4.79 Å². The number of aryl methyl sites for hydroxylation is 1. The zero-order valence-electron chi connectivity index (χ0n) is 11.5. The second-order valence-corrected chi connectivity index (χ2v) is 5.58. The number of nitrogens with zero attached hydrogens (tertiary/aromatic N) is 1. The molecule has 0 radical (unpaired) electrons. The minimum absolute atomic E-state index is 0.404. The van der Waals surface area contributed by atoms with Gasteiger partial charge in [-0.1, -0.05) is 6.07 Å². The first-order valence-corrected chi connectivity index (χ1v) is 7.06. The first-order chi connectivity index (χ1) is 9.46. The molecule has 0 saturated heterocycles. The Morgan fingerprint density at radius 3 is 2.50 bits per heavy atom. The molecule has 0 bridgehead atoms. The first kappa shape index (κ1) is 16.6. The third kappa shape index (κ3) is 3.56. The molecule has 20 heavy (non-hydrogen) atoms. The van der Waals surface area contributed by atoms with Crippen LogP contribution in [0, 0.1) is 10.5 Å². The Balaban J connectivity index is 3.13. The molecule has 0 aliphatic rings. The van der Waals surface area contributed by atoms with Crippen LogP contribution in [0.3, 0.4) is 0 Å². The van der Waals surface area contributed by atoms with E-state index in [1.165, 1.54) is 7.11 Å². The smallest absolute Gasteiger partial charge is 0.336 e. The molecule has 1 aromatic rings. The minimum atomic E-state index is -1.23. The van der Waals surface area contributed by atoms with Crippen molar-refractivity contribution in [2.45, 2.75) is 25.9 Å². The maximum absolute atomic E-state index is 11.6. The highest BCUT2D eigenvalue weighted by molar-refractivity contribution is 14.1. The number of benzene rings is 1. The molecule has 0 aliphatic carbocycles. The molecule has 0 aromatic heterocycles. The zero-order chi connectivity index (χ0) is 15.3. The van der Waals surface area contributed by atoms with E-state index in [-0.39, 0.29) is 0 Å². The summed E-state index contributed by atoms with van der Waals surface area (Å²) in [6.07, 6.45) is 0.914. The molecule has 1 aromatic carbocycles. The lowest BCUT2D eigenvalue weighted by Crippen LogP contribution is -2.43. The summed E-state index contributed by atoms with van der Waals surface area (Å²) in [6.45, 7) is 3.69. The van der Waals surface area contributed by atoms with Crippen molar-refractivity contribution in [3.63, 3.8) is 0 Å². The Morgan fingerprint density at radius 1 is 1.40 bits per heavy atom. The molecular weight excluding hydrogens is 373 g/mol. The maximum atomic E-state index is 11.6. The summed E-state index contributed by atoms with van der Waals surface area (Å²) in [6, 6.07) is 4.14. The molecule has 0 spiro atoms. The van der Waals surface area contributed by atoms with E-state index in [1.54, 1.807) is 6.92 Å². The van der Waals surface area contributed by atoms with E-state index in [9.17, 15) is 14.4 Å². The van der Waals surface area contributed by atoms with Gasteiger partial charge < -0.3 is 14.4 Å². The highest BCUT2D eigenvalue weighted by Gasteiger charge is 2.30. The van der Waals surface area contributed by atoms with Gasteiger partial charge in [0.05, 0.1) is 13.2 Å². The lowest BCUT2D eigenvalue weighted by atomic mass is 10.0. The van der Waals surface area contributed by atoms with E-state index < -0.39 is 18.1 Å². The van der Waals surface area contributed by atoms with E-state index in [0.29, 0.717) is 12.7 Å². The van der Waals surface area contributed by atoms with E-state index in [4.69, 9.17) is 0 Å². The predicted octanol–water partition coefficient (Wildman–Crippen LogP) is 1.86. The van der Waals surface area contributed by atoms with E-state index >= 15 is 0 Å². The molecule has 1 amide bonds. The molecule has 2 atom stereocenters. The van der Waals surface area contributed by atoms with Crippen LogP contribution in [0.1, 0.15) is 24.1 Å². The summed E-state index contributed by atoms with van der Waals surface area (Å²) >= 11 is 2.20. The van der Waals surface area contributed by atoms with Crippen molar-refractivity contribution in [1.29, 1.82) is 0 Å². The summed E-state index contributed by atoms with van der Waals surface area (Å²) in [4.78, 5) is 35.1. The molecule has 1 rings (SSSR count). The third-order valence-corrected chi connectivity index (χ3v) is 3.81. The molecule has 0 N–H and O–H groups in total. The molecule has 108 valence electrons. The van der Waals surface area contributed by atoms with E-state index in [1.807, 2.05) is 25.1 Å². The monoisotopic (exact) mass is 389 g/mol. The number of methoxy groups -OCH3 is 1. The van der Waals surface area contributed by atoms with Crippen LogP contribution in [-0.2, 0) is 19.1 Å². The summed E-state index contributed by atoms with van der Waals surface area (Å²) in [7, 11) is 1.18. The highest BCUT2D eigenvalue weighted by Crippen LogP contribution is 2.25. The van der Waals surface area contributed by atoms with Crippen molar-refractivity contribution in [3.8, 4) is 0 Å². The summed E-state index contributed by atoms with van der Waals surface area (Å²) in [5.74, 6) is -0.748. The number of carbonyl (C=O) groups excluding carboxylic acids is 3. The van der Waals surface area contributed by atoms with Gasteiger partial charge >= 0.3 is 5.97 Å². The fourth-order valence-electron chi connectivity index (χ4n) is 2.03. The van der Waals surface area contributed by atoms with Crippen molar-refractivity contribution in [2.75, 3.05) is 7.11 Å². The van der Waals surface area contributed by atoms with Crippen molar-refractivity contribution in [3.05, 3.63) is 32.9 Å². The molecule has 0 aliphatic heterocycles. The van der Waals surface area contributed by atoms with Gasteiger partial charge in [0.15, 0.2) is 12.3 Å². The number of ether oxygens (including phenoxy) is 1. The molecular formula is C14H16INO4. The third-order valence-electron chi connectivity index (χ3n) is 3.14. The van der Waals surface area contributed by atoms with Crippen LogP contribution in [0.4, 0.5) is 0 Å². The number of carbonyl (C=O) groups is 3. The standard InChI is InChI=1S/C14H16INO4/c1-9-6-11(15)4-5-12(9)10(2)16(8-18)13(7-17)14(19)20-3/h4-8,10,13H,1-3H3/t10-,13?/m1/s1. The number of hydrogen-bond acceptors (Lipinski definition) is 4. The minimum Gasteiger partial charge on any atom is -0.467 e. The second kappa shape index (κ2) is 7.37. The normalized spacial score (nSPS) is 13.2. The topological polar surface area (TPSA) is 63.7 Å². The summed E-state index contributed by atoms with van der Waals surface area (Å²) in [5, 5.41) is 0. The van der Waals surface area contributed by atoms with Crippen LogP contribution in [-0.4, -0.2) is 36.7 Å². The van der Waals surface area contributed by atoms with Gasteiger partial charge in [0.1, 0.15) is 0 Å². The Labute approximate surface area is 131 Å². The molecule has 0 heterocycles. The molecule has 0 fully saturated rings. The van der Waals surface area contributed by atoms with Crippen molar-refractivity contribution >= 4 is 41.3 Å². The van der Waals surface area contributed by atoms with Gasteiger partial charge in [-0.2, -0.15) is 0 Å². The Morgan fingerprint density at radius 2 is 2.05 bits per heavy atom. The van der Waals surface area contributed by atoms with Gasteiger partial charge in [0, 0.05) is 3.57 Å². The number of amides is 1. The molecule has 5 nitrogen and oxygen atoms in total. The van der Waals surface area contributed by atoms with Crippen LogP contribution >= 0.6 is 22.6 Å². The maximum Gasteiger partial charge on any atom is 0.336 e. The fourth-order valence-corrected chi connectivity index (χ4v) is 2.68. The SMILES string of the molecule is COC(=O)C(C=O)N(C=O)[C@H](C)c1ccc(I)cc1C. The van der Waals surface area contributed by atoms with Gasteiger partial charge in [-0.05, 0) is 59.7 Å². The highest BCUT2D eigenvalue weighted by atomic mass is 127. The largest absolute Gasteiger partial charge is 0.467 e. The van der Waals surface area contributed by atoms with E-state index in [2.05, 4.69) is 27.3 Å². The fraction of sp³-hybridized carbons (Fsp3) is 0.357. The molecule has 1 unspecified atom stereocenters. The number of halogens is 1. The van der Waals surface area contributed by atoms with Gasteiger partial charge in [0.2, 0.25) is 6.41 Å². The summed E-state index contributed by atoms with van der Waals surface area (Å²) in [5.41, 5.74) is 1.87. The van der Waals surface area contributed by atoms with Gasteiger partial charge in [-0.25, -0.2) is 4.79 Å². The number of esters is 1. The second-order valence-electron chi connectivity index (χ2n) is 4.33. The van der Waals surface area contributed by atoms with Crippen LogP contribution < -0.4 is 0 Å². The molecule has 6 heteroatoms.